The average molecular weight is 286 g/mol. The SMILES string of the molecule is CCC(O)CCNC(=O)NC(C)c1ccc(F)cc1F. The Balaban J connectivity index is 2.45. The first kappa shape index (κ1) is 16.4. The van der Waals surface area contributed by atoms with Gasteiger partial charge in [-0.1, -0.05) is 13.0 Å². The largest absolute Gasteiger partial charge is 0.393 e. The lowest BCUT2D eigenvalue weighted by atomic mass is 10.1. The second kappa shape index (κ2) is 7.79. The van der Waals surface area contributed by atoms with Gasteiger partial charge in [-0.25, -0.2) is 13.6 Å². The van der Waals surface area contributed by atoms with Gasteiger partial charge in [0.2, 0.25) is 0 Å². The predicted octanol–water partition coefficient (Wildman–Crippen LogP) is 2.49. The summed E-state index contributed by atoms with van der Waals surface area (Å²) >= 11 is 0. The van der Waals surface area contributed by atoms with Gasteiger partial charge in [-0.15, -0.1) is 0 Å². The van der Waals surface area contributed by atoms with Gasteiger partial charge in [0, 0.05) is 18.2 Å². The zero-order valence-electron chi connectivity index (χ0n) is 11.6. The topological polar surface area (TPSA) is 61.4 Å². The Labute approximate surface area is 117 Å². The molecule has 0 aliphatic rings. The van der Waals surface area contributed by atoms with Gasteiger partial charge in [-0.2, -0.15) is 0 Å². The highest BCUT2D eigenvalue weighted by Crippen LogP contribution is 2.17. The van der Waals surface area contributed by atoms with Crippen LogP contribution in [-0.2, 0) is 0 Å². The van der Waals surface area contributed by atoms with Crippen LogP contribution in [0.2, 0.25) is 0 Å². The number of benzene rings is 1. The Bertz CT molecular complexity index is 455. The van der Waals surface area contributed by atoms with Crippen molar-refractivity contribution in [3.8, 4) is 0 Å². The number of hydrogen-bond donors (Lipinski definition) is 3. The lowest BCUT2D eigenvalue weighted by Crippen LogP contribution is -2.38. The van der Waals surface area contributed by atoms with Crippen molar-refractivity contribution >= 4 is 6.03 Å². The minimum atomic E-state index is -0.695. The molecule has 0 radical (unpaired) electrons. The van der Waals surface area contributed by atoms with Gasteiger partial charge in [-0.05, 0) is 25.8 Å². The minimum absolute atomic E-state index is 0.218. The van der Waals surface area contributed by atoms with Crippen molar-refractivity contribution in [2.45, 2.75) is 38.8 Å². The number of aliphatic hydroxyl groups excluding tert-OH is 1. The molecule has 0 aliphatic heterocycles. The number of urea groups is 1. The number of nitrogens with one attached hydrogen (secondary N) is 2. The van der Waals surface area contributed by atoms with Crippen molar-refractivity contribution in [1.29, 1.82) is 0 Å². The lowest BCUT2D eigenvalue weighted by molar-refractivity contribution is 0.160. The first-order valence-corrected chi connectivity index (χ1v) is 6.61. The molecule has 3 N–H and O–H groups in total. The highest BCUT2D eigenvalue weighted by molar-refractivity contribution is 5.74. The second-order valence-corrected chi connectivity index (χ2v) is 4.64. The maximum absolute atomic E-state index is 13.5. The van der Waals surface area contributed by atoms with Gasteiger partial charge < -0.3 is 15.7 Å². The first-order valence-electron chi connectivity index (χ1n) is 6.61. The van der Waals surface area contributed by atoms with Crippen LogP contribution in [0, 0.1) is 11.6 Å². The van der Waals surface area contributed by atoms with Crippen LogP contribution in [0.15, 0.2) is 18.2 Å². The van der Waals surface area contributed by atoms with E-state index in [0.29, 0.717) is 19.4 Å². The highest BCUT2D eigenvalue weighted by atomic mass is 19.1. The third kappa shape index (κ3) is 5.13. The van der Waals surface area contributed by atoms with Crippen LogP contribution >= 0.6 is 0 Å². The number of halogens is 2. The van der Waals surface area contributed by atoms with Crippen molar-refractivity contribution < 1.29 is 18.7 Å². The molecule has 1 aromatic rings. The van der Waals surface area contributed by atoms with Crippen LogP contribution in [0.25, 0.3) is 0 Å². The Morgan fingerprint density at radius 3 is 2.70 bits per heavy atom. The van der Waals surface area contributed by atoms with Crippen molar-refractivity contribution in [3.05, 3.63) is 35.4 Å². The van der Waals surface area contributed by atoms with Crippen LogP contribution in [0.1, 0.15) is 38.3 Å². The quantitative estimate of drug-likeness (QED) is 0.752. The zero-order valence-corrected chi connectivity index (χ0v) is 11.6. The molecule has 1 rings (SSSR count). The third-order valence-electron chi connectivity index (χ3n) is 3.01. The normalized spacial score (nSPS) is 13.7. The molecule has 0 bridgehead atoms. The molecular formula is C14H20F2N2O2. The fourth-order valence-corrected chi connectivity index (χ4v) is 1.73. The average Bonchev–Trinajstić information content (AvgIpc) is 2.38. The monoisotopic (exact) mass is 286 g/mol. The van der Waals surface area contributed by atoms with Gasteiger partial charge in [0.25, 0.3) is 0 Å². The fraction of sp³-hybridized carbons (Fsp3) is 0.500. The van der Waals surface area contributed by atoms with Crippen LogP contribution in [-0.4, -0.2) is 23.8 Å². The van der Waals surface area contributed by atoms with Gasteiger partial charge in [-0.3, -0.25) is 0 Å². The van der Waals surface area contributed by atoms with Crippen LogP contribution < -0.4 is 10.6 Å². The van der Waals surface area contributed by atoms with E-state index in [1.54, 1.807) is 6.92 Å². The summed E-state index contributed by atoms with van der Waals surface area (Å²) in [6.45, 7) is 3.79. The van der Waals surface area contributed by atoms with E-state index in [9.17, 15) is 18.7 Å². The number of carbonyl (C=O) groups excluding carboxylic acids is 1. The molecule has 112 valence electrons. The molecule has 1 aromatic carbocycles. The number of aliphatic hydroxyl groups is 1. The molecule has 4 nitrogen and oxygen atoms in total. The molecule has 0 aromatic heterocycles. The zero-order chi connectivity index (χ0) is 15.1. The molecule has 0 aliphatic carbocycles. The summed E-state index contributed by atoms with van der Waals surface area (Å²) in [4.78, 5) is 11.6. The van der Waals surface area contributed by atoms with Crippen LogP contribution in [0.5, 0.6) is 0 Å². The fourth-order valence-electron chi connectivity index (χ4n) is 1.73. The number of carbonyl (C=O) groups is 1. The molecule has 0 saturated heterocycles. The van der Waals surface area contributed by atoms with E-state index in [4.69, 9.17) is 0 Å². The Kier molecular flexibility index (Phi) is 6.38. The summed E-state index contributed by atoms with van der Waals surface area (Å²) in [5.74, 6) is -1.35. The van der Waals surface area contributed by atoms with E-state index in [0.717, 1.165) is 12.1 Å². The molecular weight excluding hydrogens is 266 g/mol. The van der Waals surface area contributed by atoms with Gasteiger partial charge in [0.05, 0.1) is 12.1 Å². The van der Waals surface area contributed by atoms with Crippen molar-refractivity contribution in [3.63, 3.8) is 0 Å². The van der Waals surface area contributed by atoms with E-state index in [1.807, 2.05) is 6.92 Å². The molecule has 20 heavy (non-hydrogen) atoms. The minimum Gasteiger partial charge on any atom is -0.393 e. The maximum Gasteiger partial charge on any atom is 0.315 e. The van der Waals surface area contributed by atoms with Crippen molar-refractivity contribution in [1.82, 2.24) is 10.6 Å². The first-order chi connectivity index (χ1) is 9.43. The summed E-state index contributed by atoms with van der Waals surface area (Å²) in [5.41, 5.74) is 0.218. The second-order valence-electron chi connectivity index (χ2n) is 4.64. The number of amides is 2. The molecule has 0 spiro atoms. The molecule has 2 amide bonds. The summed E-state index contributed by atoms with van der Waals surface area (Å²) in [6.07, 6.45) is 0.645. The van der Waals surface area contributed by atoms with Crippen molar-refractivity contribution in [2.24, 2.45) is 0 Å². The lowest BCUT2D eigenvalue weighted by Gasteiger charge is -2.16. The predicted molar refractivity (Wildman–Crippen MR) is 72.2 cm³/mol. The smallest absolute Gasteiger partial charge is 0.315 e. The highest BCUT2D eigenvalue weighted by Gasteiger charge is 2.14. The standard InChI is InChI=1S/C14H20F2N2O2/c1-3-11(19)6-7-17-14(20)18-9(2)12-5-4-10(15)8-13(12)16/h4-5,8-9,11,19H,3,6-7H2,1-2H3,(H2,17,18,20). The van der Waals surface area contributed by atoms with E-state index < -0.39 is 29.8 Å². The van der Waals surface area contributed by atoms with Gasteiger partial charge in [0.15, 0.2) is 0 Å². The Hall–Kier alpha value is -1.69. The Morgan fingerprint density at radius 1 is 1.40 bits per heavy atom. The van der Waals surface area contributed by atoms with E-state index >= 15 is 0 Å². The Morgan fingerprint density at radius 2 is 2.10 bits per heavy atom. The summed E-state index contributed by atoms with van der Waals surface area (Å²) in [5, 5.41) is 14.5. The molecule has 2 unspecified atom stereocenters. The number of hydrogen-bond acceptors (Lipinski definition) is 2. The van der Waals surface area contributed by atoms with Gasteiger partial charge in [0.1, 0.15) is 11.6 Å². The summed E-state index contributed by atoms with van der Waals surface area (Å²) in [7, 11) is 0. The van der Waals surface area contributed by atoms with Crippen LogP contribution in [0.3, 0.4) is 0 Å². The van der Waals surface area contributed by atoms with E-state index in [2.05, 4.69) is 10.6 Å². The maximum atomic E-state index is 13.5. The molecule has 0 fully saturated rings. The van der Waals surface area contributed by atoms with Crippen LogP contribution in [0.4, 0.5) is 13.6 Å². The molecule has 0 saturated carbocycles. The van der Waals surface area contributed by atoms with Crippen molar-refractivity contribution in [2.75, 3.05) is 6.54 Å². The summed E-state index contributed by atoms with van der Waals surface area (Å²) in [6, 6.07) is 2.20. The molecule has 6 heteroatoms. The molecule has 2 atom stereocenters. The number of rotatable bonds is 6. The van der Waals surface area contributed by atoms with Gasteiger partial charge >= 0.3 is 6.03 Å². The third-order valence-corrected chi connectivity index (χ3v) is 3.01. The molecule has 0 heterocycles. The van der Waals surface area contributed by atoms with E-state index in [-0.39, 0.29) is 5.56 Å². The van der Waals surface area contributed by atoms with E-state index in [1.165, 1.54) is 6.07 Å². The summed E-state index contributed by atoms with van der Waals surface area (Å²) < 4.78 is 26.3.